The zero-order valence-corrected chi connectivity index (χ0v) is 18.9. The number of rotatable bonds is 9. The Hall–Kier alpha value is -3.35. The molecule has 7 heteroatoms. The molecule has 0 amide bonds. The number of hydrogen-bond acceptors (Lipinski definition) is 3. The molecule has 170 valence electrons. The van der Waals surface area contributed by atoms with Gasteiger partial charge in [0.25, 0.3) is 0 Å². The molecule has 0 unspecified atom stereocenters. The maximum absolute atomic E-state index is 13.4. The summed E-state index contributed by atoms with van der Waals surface area (Å²) in [7, 11) is 1.58. The Labute approximate surface area is 196 Å². The van der Waals surface area contributed by atoms with Gasteiger partial charge in [-0.25, -0.2) is 9.18 Å². The largest absolute Gasteiger partial charge is 0.497 e. The van der Waals surface area contributed by atoms with Gasteiger partial charge >= 0.3 is 5.97 Å². The number of halogens is 2. The predicted molar refractivity (Wildman–Crippen MR) is 128 cm³/mol. The SMILES string of the molecule is COc1ccc2c(CNCCc3ccc(Cl)cc3)c(C(=O)O)n(Cc3ccc(F)cc3)c2c1. The molecule has 33 heavy (non-hydrogen) atoms. The Morgan fingerprint density at radius 2 is 1.76 bits per heavy atom. The van der Waals surface area contributed by atoms with Crippen molar-refractivity contribution in [1.82, 2.24) is 9.88 Å². The molecule has 3 aromatic carbocycles. The second-order valence-electron chi connectivity index (χ2n) is 7.78. The van der Waals surface area contributed by atoms with Gasteiger partial charge in [-0.05, 0) is 60.5 Å². The van der Waals surface area contributed by atoms with E-state index in [2.05, 4.69) is 5.32 Å². The number of ether oxygens (including phenoxy) is 1. The van der Waals surface area contributed by atoms with Crippen molar-refractivity contribution in [1.29, 1.82) is 0 Å². The molecule has 0 radical (unpaired) electrons. The van der Waals surface area contributed by atoms with Crippen LogP contribution in [0.5, 0.6) is 5.75 Å². The molecule has 0 bridgehead atoms. The van der Waals surface area contributed by atoms with E-state index < -0.39 is 5.97 Å². The first-order valence-corrected chi connectivity index (χ1v) is 11.0. The van der Waals surface area contributed by atoms with Crippen molar-refractivity contribution in [2.45, 2.75) is 19.5 Å². The molecule has 0 saturated carbocycles. The molecule has 0 fully saturated rings. The lowest BCUT2D eigenvalue weighted by Crippen LogP contribution is -2.19. The maximum Gasteiger partial charge on any atom is 0.352 e. The van der Waals surface area contributed by atoms with Crippen LogP contribution in [0.25, 0.3) is 10.9 Å². The van der Waals surface area contributed by atoms with Crippen LogP contribution in [-0.2, 0) is 19.5 Å². The molecule has 5 nitrogen and oxygen atoms in total. The van der Waals surface area contributed by atoms with Crippen LogP contribution >= 0.6 is 11.6 Å². The number of aromatic carboxylic acids is 1. The Balaban J connectivity index is 1.65. The minimum Gasteiger partial charge on any atom is -0.497 e. The number of nitrogens with one attached hydrogen (secondary N) is 1. The third kappa shape index (κ3) is 5.18. The Kier molecular flexibility index (Phi) is 6.96. The van der Waals surface area contributed by atoms with Gasteiger partial charge in [0.15, 0.2) is 0 Å². The van der Waals surface area contributed by atoms with Gasteiger partial charge in [0.2, 0.25) is 0 Å². The van der Waals surface area contributed by atoms with Crippen molar-refractivity contribution in [2.75, 3.05) is 13.7 Å². The lowest BCUT2D eigenvalue weighted by Gasteiger charge is -2.10. The van der Waals surface area contributed by atoms with E-state index in [4.69, 9.17) is 16.3 Å². The van der Waals surface area contributed by atoms with Gasteiger partial charge in [0.05, 0.1) is 12.6 Å². The minimum atomic E-state index is -1.01. The number of benzene rings is 3. The summed E-state index contributed by atoms with van der Waals surface area (Å²) in [4.78, 5) is 12.3. The summed E-state index contributed by atoms with van der Waals surface area (Å²) < 4.78 is 20.5. The van der Waals surface area contributed by atoms with Crippen LogP contribution in [0.1, 0.15) is 27.2 Å². The fourth-order valence-electron chi connectivity index (χ4n) is 3.99. The summed E-state index contributed by atoms with van der Waals surface area (Å²) in [5.74, 6) is -0.705. The number of aromatic nitrogens is 1. The maximum atomic E-state index is 13.4. The van der Waals surface area contributed by atoms with Crippen molar-refractivity contribution < 1.29 is 19.0 Å². The van der Waals surface area contributed by atoms with E-state index in [1.807, 2.05) is 42.5 Å². The van der Waals surface area contributed by atoms with Gasteiger partial charge in [-0.2, -0.15) is 0 Å². The number of carboxylic acid groups (broad SMARTS) is 1. The highest BCUT2D eigenvalue weighted by molar-refractivity contribution is 6.30. The predicted octanol–water partition coefficient (Wildman–Crippen LogP) is 5.52. The smallest absolute Gasteiger partial charge is 0.352 e. The first-order chi connectivity index (χ1) is 16.0. The lowest BCUT2D eigenvalue weighted by atomic mass is 10.1. The van der Waals surface area contributed by atoms with Gasteiger partial charge < -0.3 is 19.7 Å². The summed E-state index contributed by atoms with van der Waals surface area (Å²) in [6, 6.07) is 19.3. The highest BCUT2D eigenvalue weighted by Crippen LogP contribution is 2.30. The molecule has 0 spiro atoms. The van der Waals surface area contributed by atoms with Crippen LogP contribution in [0.2, 0.25) is 5.02 Å². The molecule has 1 heterocycles. The van der Waals surface area contributed by atoms with Crippen molar-refractivity contribution in [2.24, 2.45) is 0 Å². The molecule has 1 aromatic heterocycles. The first-order valence-electron chi connectivity index (χ1n) is 10.6. The average molecular weight is 467 g/mol. The normalized spacial score (nSPS) is 11.1. The van der Waals surface area contributed by atoms with Gasteiger partial charge in [-0.3, -0.25) is 0 Å². The molecule has 0 aliphatic carbocycles. The third-order valence-corrected chi connectivity index (χ3v) is 5.89. The van der Waals surface area contributed by atoms with E-state index in [0.29, 0.717) is 36.0 Å². The van der Waals surface area contributed by atoms with E-state index in [1.165, 1.54) is 12.1 Å². The number of nitrogens with zero attached hydrogens (tertiary/aromatic N) is 1. The van der Waals surface area contributed by atoms with Crippen LogP contribution in [0.15, 0.2) is 66.7 Å². The van der Waals surface area contributed by atoms with E-state index >= 15 is 0 Å². The number of hydrogen-bond donors (Lipinski definition) is 2. The van der Waals surface area contributed by atoms with E-state index in [-0.39, 0.29) is 11.5 Å². The second-order valence-corrected chi connectivity index (χ2v) is 8.22. The molecular formula is C26H24ClFN2O3. The van der Waals surface area contributed by atoms with E-state index in [0.717, 1.165) is 28.5 Å². The van der Waals surface area contributed by atoms with Gasteiger partial charge in [0.1, 0.15) is 17.3 Å². The first kappa shape index (κ1) is 22.8. The number of carboxylic acids is 1. The van der Waals surface area contributed by atoms with Crippen LogP contribution in [-0.4, -0.2) is 29.3 Å². The topological polar surface area (TPSA) is 63.5 Å². The Morgan fingerprint density at radius 3 is 2.42 bits per heavy atom. The average Bonchev–Trinajstić information content (AvgIpc) is 3.12. The Morgan fingerprint density at radius 1 is 1.06 bits per heavy atom. The number of methoxy groups -OCH3 is 1. The molecule has 0 saturated heterocycles. The van der Waals surface area contributed by atoms with E-state index in [1.54, 1.807) is 23.8 Å². The van der Waals surface area contributed by atoms with Crippen LogP contribution in [0.4, 0.5) is 4.39 Å². The molecule has 2 N–H and O–H groups in total. The lowest BCUT2D eigenvalue weighted by molar-refractivity contribution is 0.0684. The third-order valence-electron chi connectivity index (χ3n) is 5.64. The molecule has 0 atom stereocenters. The zero-order valence-electron chi connectivity index (χ0n) is 18.1. The van der Waals surface area contributed by atoms with Crippen molar-refractivity contribution in [3.8, 4) is 5.75 Å². The second kappa shape index (κ2) is 10.1. The van der Waals surface area contributed by atoms with Gasteiger partial charge in [-0.1, -0.05) is 35.9 Å². The van der Waals surface area contributed by atoms with Crippen LogP contribution < -0.4 is 10.1 Å². The summed E-state index contributed by atoms with van der Waals surface area (Å²) in [6.07, 6.45) is 0.793. The van der Waals surface area contributed by atoms with Crippen molar-refractivity contribution >= 4 is 28.5 Å². The fourth-order valence-corrected chi connectivity index (χ4v) is 4.11. The van der Waals surface area contributed by atoms with Crippen molar-refractivity contribution in [3.05, 3.63) is 100.0 Å². The van der Waals surface area contributed by atoms with Gasteiger partial charge in [0, 0.05) is 35.1 Å². The van der Waals surface area contributed by atoms with E-state index in [9.17, 15) is 14.3 Å². The highest BCUT2D eigenvalue weighted by Gasteiger charge is 2.23. The van der Waals surface area contributed by atoms with Crippen molar-refractivity contribution in [3.63, 3.8) is 0 Å². The Bertz CT molecular complexity index is 1270. The summed E-state index contributed by atoms with van der Waals surface area (Å²) in [5.41, 5.74) is 3.63. The number of carbonyl (C=O) groups is 1. The highest BCUT2D eigenvalue weighted by atomic mass is 35.5. The molecule has 4 aromatic rings. The van der Waals surface area contributed by atoms with Crippen LogP contribution in [0, 0.1) is 5.82 Å². The monoisotopic (exact) mass is 466 g/mol. The number of fused-ring (bicyclic) bond motifs is 1. The standard InChI is InChI=1S/C26H24ClFN2O3/c1-33-21-10-11-22-23(15-29-13-12-17-2-6-19(27)7-3-17)25(26(31)32)30(24(22)14-21)16-18-4-8-20(28)9-5-18/h2-11,14,29H,12-13,15-16H2,1H3,(H,31,32). The molecule has 0 aliphatic heterocycles. The molecule has 0 aliphatic rings. The summed E-state index contributed by atoms with van der Waals surface area (Å²) in [5, 5.41) is 15.0. The van der Waals surface area contributed by atoms with Crippen LogP contribution in [0.3, 0.4) is 0 Å². The fraction of sp³-hybridized carbons (Fsp3) is 0.192. The quantitative estimate of drug-likeness (QED) is 0.319. The summed E-state index contributed by atoms with van der Waals surface area (Å²) >= 11 is 5.94. The summed E-state index contributed by atoms with van der Waals surface area (Å²) in [6.45, 7) is 1.38. The molecular weight excluding hydrogens is 443 g/mol. The molecule has 4 rings (SSSR count). The zero-order chi connectivity index (χ0) is 23.4. The minimum absolute atomic E-state index is 0.210. The van der Waals surface area contributed by atoms with Gasteiger partial charge in [-0.15, -0.1) is 0 Å².